The van der Waals surface area contributed by atoms with Gasteiger partial charge in [0.1, 0.15) is 5.75 Å². The molecule has 11 heteroatoms. The van der Waals surface area contributed by atoms with E-state index in [2.05, 4.69) is 5.32 Å². The van der Waals surface area contributed by atoms with Crippen LogP contribution in [0.25, 0.3) is 0 Å². The van der Waals surface area contributed by atoms with Gasteiger partial charge in [0.2, 0.25) is 10.0 Å². The molecule has 0 aliphatic carbocycles. The number of halogens is 4. The van der Waals surface area contributed by atoms with Crippen molar-refractivity contribution in [2.24, 2.45) is 0 Å². The molecular formula is C18H16ClF3N2O4S. The zero-order chi connectivity index (χ0) is 21.6. The van der Waals surface area contributed by atoms with Gasteiger partial charge in [0, 0.05) is 5.69 Å². The summed E-state index contributed by atoms with van der Waals surface area (Å²) in [5, 5.41) is 1.82. The van der Waals surface area contributed by atoms with Crippen molar-refractivity contribution in [3.05, 3.63) is 52.5 Å². The molecule has 1 amide bonds. The average Bonchev–Trinajstić information content (AvgIpc) is 2.60. The number of sulfonamides is 1. The summed E-state index contributed by atoms with van der Waals surface area (Å²) in [5.41, 5.74) is -0.150. The van der Waals surface area contributed by atoms with Crippen molar-refractivity contribution in [1.29, 1.82) is 0 Å². The summed E-state index contributed by atoms with van der Waals surface area (Å²) in [5.74, 6) is -0.611. The molecule has 6 nitrogen and oxygen atoms in total. The largest absolute Gasteiger partial charge is 0.476 e. The van der Waals surface area contributed by atoms with E-state index < -0.39 is 38.8 Å². The van der Waals surface area contributed by atoms with Crippen LogP contribution in [0.15, 0.2) is 36.4 Å². The van der Waals surface area contributed by atoms with Crippen molar-refractivity contribution in [3.63, 3.8) is 0 Å². The number of anilines is 2. The Morgan fingerprint density at radius 1 is 1.24 bits per heavy atom. The Kier molecular flexibility index (Phi) is 5.44. The number of aryl methyl sites for hydroxylation is 1. The molecular weight excluding hydrogens is 433 g/mol. The van der Waals surface area contributed by atoms with E-state index in [0.717, 1.165) is 22.2 Å². The first-order chi connectivity index (χ1) is 13.4. The van der Waals surface area contributed by atoms with Crippen LogP contribution in [0.4, 0.5) is 24.5 Å². The fraction of sp³-hybridized carbons (Fsp3) is 0.278. The highest BCUT2D eigenvalue weighted by atomic mass is 35.5. The van der Waals surface area contributed by atoms with Crippen LogP contribution in [0.1, 0.15) is 11.1 Å². The summed E-state index contributed by atoms with van der Waals surface area (Å²) < 4.78 is 70.0. The van der Waals surface area contributed by atoms with E-state index in [1.807, 2.05) is 0 Å². The van der Waals surface area contributed by atoms with E-state index in [4.69, 9.17) is 16.3 Å². The molecule has 0 saturated heterocycles. The van der Waals surface area contributed by atoms with Crippen LogP contribution in [0.2, 0.25) is 5.02 Å². The molecule has 1 aliphatic heterocycles. The minimum Gasteiger partial charge on any atom is -0.476 e. The van der Waals surface area contributed by atoms with Gasteiger partial charge in [-0.05, 0) is 42.8 Å². The van der Waals surface area contributed by atoms with Gasteiger partial charge >= 0.3 is 6.18 Å². The van der Waals surface area contributed by atoms with Gasteiger partial charge in [-0.2, -0.15) is 13.2 Å². The molecule has 1 heterocycles. The van der Waals surface area contributed by atoms with Crippen molar-refractivity contribution in [1.82, 2.24) is 0 Å². The predicted molar refractivity (Wildman–Crippen MR) is 103 cm³/mol. The summed E-state index contributed by atoms with van der Waals surface area (Å²) in [6.45, 7) is 1.46. The van der Waals surface area contributed by atoms with Gasteiger partial charge < -0.3 is 10.1 Å². The van der Waals surface area contributed by atoms with Gasteiger partial charge in [-0.15, -0.1) is 0 Å². The molecule has 29 heavy (non-hydrogen) atoms. The number of hydrogen-bond acceptors (Lipinski definition) is 4. The number of nitrogens with one attached hydrogen (secondary N) is 1. The summed E-state index contributed by atoms with van der Waals surface area (Å²) in [6.07, 6.45) is -4.96. The molecule has 3 rings (SSSR count). The van der Waals surface area contributed by atoms with Crippen molar-refractivity contribution in [2.45, 2.75) is 19.2 Å². The van der Waals surface area contributed by atoms with E-state index in [-0.39, 0.29) is 18.0 Å². The van der Waals surface area contributed by atoms with Gasteiger partial charge in [-0.25, -0.2) is 8.42 Å². The molecule has 2 aromatic carbocycles. The molecule has 1 atom stereocenters. The van der Waals surface area contributed by atoms with Crippen molar-refractivity contribution in [2.75, 3.05) is 22.4 Å². The first kappa shape index (κ1) is 21.3. The topological polar surface area (TPSA) is 75.7 Å². The molecule has 0 saturated carbocycles. The molecule has 1 aliphatic rings. The number of alkyl halides is 3. The number of fused-ring (bicyclic) bond motifs is 1. The van der Waals surface area contributed by atoms with Crippen LogP contribution in [-0.2, 0) is 21.0 Å². The average molecular weight is 449 g/mol. The minimum absolute atomic E-state index is 0.143. The molecule has 0 unspecified atom stereocenters. The van der Waals surface area contributed by atoms with Crippen LogP contribution in [-0.4, -0.2) is 33.2 Å². The Hall–Kier alpha value is -2.46. The number of nitrogens with zero attached hydrogens (tertiary/aromatic N) is 1. The molecule has 0 spiro atoms. The standard InChI is InChI=1S/C18H16ClF3N2O4S/c1-10-3-6-15-14(7-10)24(29(2,26)27)9-16(28-15)17(25)23-11-4-5-13(19)12(8-11)18(20,21)22/h3-8,16H,9H2,1-2H3,(H,23,25)/t16-/m0/s1. The van der Waals surface area contributed by atoms with E-state index in [9.17, 15) is 26.4 Å². The minimum atomic E-state index is -4.69. The first-order valence-corrected chi connectivity index (χ1v) is 10.5. The Balaban J connectivity index is 1.88. The van der Waals surface area contributed by atoms with Gasteiger partial charge in [0.15, 0.2) is 6.10 Å². The smallest absolute Gasteiger partial charge is 0.417 e. The number of hydrogen-bond donors (Lipinski definition) is 1. The fourth-order valence-electron chi connectivity index (χ4n) is 2.85. The number of amides is 1. The molecule has 0 radical (unpaired) electrons. The Morgan fingerprint density at radius 3 is 2.55 bits per heavy atom. The molecule has 2 aromatic rings. The van der Waals surface area contributed by atoms with Crippen molar-refractivity contribution in [3.8, 4) is 5.75 Å². The van der Waals surface area contributed by atoms with Gasteiger partial charge in [0.25, 0.3) is 5.91 Å². The van der Waals surface area contributed by atoms with Crippen LogP contribution in [0.3, 0.4) is 0 Å². The number of carbonyl (C=O) groups is 1. The van der Waals surface area contributed by atoms with Crippen LogP contribution < -0.4 is 14.4 Å². The molecule has 1 N–H and O–H groups in total. The van der Waals surface area contributed by atoms with Crippen LogP contribution in [0.5, 0.6) is 5.75 Å². The van der Waals surface area contributed by atoms with Crippen LogP contribution in [0, 0.1) is 6.92 Å². The maximum absolute atomic E-state index is 13.0. The molecule has 156 valence electrons. The Morgan fingerprint density at radius 2 is 1.93 bits per heavy atom. The number of carbonyl (C=O) groups excluding carboxylic acids is 1. The summed E-state index contributed by atoms with van der Waals surface area (Å²) in [6, 6.07) is 7.77. The zero-order valence-corrected chi connectivity index (χ0v) is 16.8. The van der Waals surface area contributed by atoms with E-state index in [1.165, 1.54) is 12.1 Å². The SMILES string of the molecule is Cc1ccc2c(c1)N(S(C)(=O)=O)C[C@@H](C(=O)Nc1ccc(Cl)c(C(F)(F)F)c1)O2. The molecule has 0 bridgehead atoms. The third-order valence-corrected chi connectivity index (χ3v) is 5.69. The zero-order valence-electron chi connectivity index (χ0n) is 15.2. The van der Waals surface area contributed by atoms with Crippen LogP contribution >= 0.6 is 11.6 Å². The van der Waals surface area contributed by atoms with Gasteiger partial charge in [-0.1, -0.05) is 17.7 Å². The number of ether oxygens (including phenoxy) is 1. The molecule has 0 aromatic heterocycles. The predicted octanol–water partition coefficient (Wildman–Crippen LogP) is 3.83. The second-order valence-electron chi connectivity index (χ2n) is 6.55. The quantitative estimate of drug-likeness (QED) is 0.774. The van der Waals surface area contributed by atoms with Gasteiger partial charge in [-0.3, -0.25) is 9.10 Å². The lowest BCUT2D eigenvalue weighted by Crippen LogP contribution is -2.48. The molecule has 0 fully saturated rings. The third-order valence-electron chi connectivity index (χ3n) is 4.22. The van der Waals surface area contributed by atoms with Gasteiger partial charge in [0.05, 0.1) is 29.1 Å². The first-order valence-electron chi connectivity index (χ1n) is 8.29. The van der Waals surface area contributed by atoms with E-state index in [1.54, 1.807) is 19.1 Å². The lowest BCUT2D eigenvalue weighted by Gasteiger charge is -2.34. The summed E-state index contributed by atoms with van der Waals surface area (Å²) in [4.78, 5) is 12.6. The maximum atomic E-state index is 13.0. The number of rotatable bonds is 3. The summed E-state index contributed by atoms with van der Waals surface area (Å²) >= 11 is 5.57. The summed E-state index contributed by atoms with van der Waals surface area (Å²) in [7, 11) is -3.72. The van der Waals surface area contributed by atoms with Crippen molar-refractivity contribution >= 4 is 38.9 Å². The van der Waals surface area contributed by atoms with Crippen molar-refractivity contribution < 1.29 is 31.1 Å². The number of benzene rings is 2. The Labute approximate surface area is 170 Å². The van der Waals surface area contributed by atoms with E-state index >= 15 is 0 Å². The second kappa shape index (κ2) is 7.42. The maximum Gasteiger partial charge on any atom is 0.417 e. The Bertz CT molecular complexity index is 1070. The van der Waals surface area contributed by atoms with E-state index in [0.29, 0.717) is 11.8 Å². The fourth-order valence-corrected chi connectivity index (χ4v) is 3.99. The monoisotopic (exact) mass is 448 g/mol. The second-order valence-corrected chi connectivity index (χ2v) is 8.87. The lowest BCUT2D eigenvalue weighted by atomic mass is 10.1. The normalized spacial score (nSPS) is 16.8. The highest BCUT2D eigenvalue weighted by Gasteiger charge is 2.36. The highest BCUT2D eigenvalue weighted by molar-refractivity contribution is 7.92. The lowest BCUT2D eigenvalue weighted by molar-refractivity contribution is -0.137. The highest BCUT2D eigenvalue weighted by Crippen LogP contribution is 2.37. The third kappa shape index (κ3) is 4.59.